The normalized spacial score (nSPS) is 21.9. The SMILES string of the molecule is CC(=O)N1CCC(N[C@@H]2CCCN(c3ccc(C#N)cc3F)C2)CC1. The van der Waals surface area contributed by atoms with Crippen molar-refractivity contribution in [1.82, 2.24) is 10.2 Å². The lowest BCUT2D eigenvalue weighted by molar-refractivity contribution is -0.129. The standard InChI is InChI=1S/C19H25FN4O/c1-14(25)23-9-6-16(7-10-23)22-17-3-2-8-24(13-17)19-5-4-15(12-21)11-18(19)20/h4-5,11,16-17,22H,2-3,6-10,13H2,1H3/t17-/m1/s1. The number of nitrogens with zero attached hydrogens (tertiary/aromatic N) is 3. The van der Waals surface area contributed by atoms with E-state index in [1.165, 1.54) is 6.07 Å². The summed E-state index contributed by atoms with van der Waals surface area (Å²) >= 11 is 0. The summed E-state index contributed by atoms with van der Waals surface area (Å²) in [4.78, 5) is 15.4. The number of amides is 1. The Hall–Kier alpha value is -2.13. The van der Waals surface area contributed by atoms with E-state index in [0.717, 1.165) is 51.9 Å². The van der Waals surface area contributed by atoms with E-state index in [0.29, 0.717) is 23.3 Å². The summed E-state index contributed by atoms with van der Waals surface area (Å²) in [7, 11) is 0. The minimum absolute atomic E-state index is 0.151. The molecule has 2 heterocycles. The van der Waals surface area contributed by atoms with Crippen LogP contribution in [0.15, 0.2) is 18.2 Å². The fraction of sp³-hybridized carbons (Fsp3) is 0.579. The molecule has 1 atom stereocenters. The third kappa shape index (κ3) is 4.29. The third-order valence-electron chi connectivity index (χ3n) is 5.25. The molecule has 1 amide bonds. The van der Waals surface area contributed by atoms with E-state index in [1.54, 1.807) is 19.1 Å². The van der Waals surface area contributed by atoms with Crippen molar-refractivity contribution in [3.8, 4) is 6.07 Å². The van der Waals surface area contributed by atoms with Crippen LogP contribution in [0.2, 0.25) is 0 Å². The first-order chi connectivity index (χ1) is 12.1. The zero-order valence-electron chi connectivity index (χ0n) is 14.7. The number of piperidine rings is 2. The Bertz CT molecular complexity index is 664. The molecule has 0 spiro atoms. The smallest absolute Gasteiger partial charge is 0.219 e. The number of benzene rings is 1. The Morgan fingerprint density at radius 1 is 1.24 bits per heavy atom. The Morgan fingerprint density at radius 3 is 2.64 bits per heavy atom. The predicted molar refractivity (Wildman–Crippen MR) is 94.8 cm³/mol. The molecule has 2 aliphatic rings. The number of nitrogens with one attached hydrogen (secondary N) is 1. The molecule has 0 radical (unpaired) electrons. The third-order valence-corrected chi connectivity index (χ3v) is 5.25. The first-order valence-electron chi connectivity index (χ1n) is 9.03. The molecule has 2 fully saturated rings. The zero-order valence-corrected chi connectivity index (χ0v) is 14.7. The van der Waals surface area contributed by atoms with Gasteiger partial charge in [-0.25, -0.2) is 4.39 Å². The monoisotopic (exact) mass is 344 g/mol. The van der Waals surface area contributed by atoms with E-state index in [4.69, 9.17) is 5.26 Å². The lowest BCUT2D eigenvalue weighted by Crippen LogP contribution is -2.52. The van der Waals surface area contributed by atoms with Gasteiger partial charge in [-0.3, -0.25) is 4.79 Å². The molecule has 5 nitrogen and oxygen atoms in total. The number of likely N-dealkylation sites (tertiary alicyclic amines) is 1. The lowest BCUT2D eigenvalue weighted by atomic mass is 9.99. The molecule has 134 valence electrons. The number of carbonyl (C=O) groups is 1. The zero-order chi connectivity index (χ0) is 17.8. The Balaban J connectivity index is 1.57. The van der Waals surface area contributed by atoms with Gasteiger partial charge in [0.25, 0.3) is 0 Å². The van der Waals surface area contributed by atoms with E-state index in [1.807, 2.05) is 11.0 Å². The van der Waals surface area contributed by atoms with Gasteiger partial charge in [0.2, 0.25) is 5.91 Å². The van der Waals surface area contributed by atoms with Crippen LogP contribution in [-0.4, -0.2) is 49.1 Å². The topological polar surface area (TPSA) is 59.4 Å². The van der Waals surface area contributed by atoms with Crippen molar-refractivity contribution in [3.05, 3.63) is 29.6 Å². The molecular formula is C19H25FN4O. The van der Waals surface area contributed by atoms with Crippen LogP contribution in [0.3, 0.4) is 0 Å². The first-order valence-corrected chi connectivity index (χ1v) is 9.03. The van der Waals surface area contributed by atoms with Crippen molar-refractivity contribution in [3.63, 3.8) is 0 Å². The highest BCUT2D eigenvalue weighted by atomic mass is 19.1. The summed E-state index contributed by atoms with van der Waals surface area (Å²) in [6.07, 6.45) is 4.05. The summed E-state index contributed by atoms with van der Waals surface area (Å²) in [5.74, 6) is -0.173. The van der Waals surface area contributed by atoms with Gasteiger partial charge in [-0.1, -0.05) is 0 Å². The van der Waals surface area contributed by atoms with Gasteiger partial charge in [-0.05, 0) is 43.9 Å². The number of anilines is 1. The van der Waals surface area contributed by atoms with Gasteiger partial charge in [-0.15, -0.1) is 0 Å². The molecule has 0 unspecified atom stereocenters. The summed E-state index contributed by atoms with van der Waals surface area (Å²) in [5, 5.41) is 12.6. The van der Waals surface area contributed by atoms with Crippen LogP contribution in [0.5, 0.6) is 0 Å². The Kier molecular flexibility index (Phi) is 5.54. The van der Waals surface area contributed by atoms with Gasteiger partial charge in [0.1, 0.15) is 5.82 Å². The number of halogens is 1. The number of rotatable bonds is 3. The van der Waals surface area contributed by atoms with Crippen LogP contribution in [0.25, 0.3) is 0 Å². The number of carbonyl (C=O) groups excluding carboxylic acids is 1. The predicted octanol–water partition coefficient (Wildman–Crippen LogP) is 2.27. The first kappa shape index (κ1) is 17.7. The van der Waals surface area contributed by atoms with E-state index < -0.39 is 0 Å². The molecule has 0 aromatic heterocycles. The minimum atomic E-state index is -0.325. The second-order valence-corrected chi connectivity index (χ2v) is 7.01. The molecule has 25 heavy (non-hydrogen) atoms. The maximum Gasteiger partial charge on any atom is 0.219 e. The molecule has 2 aliphatic heterocycles. The maximum absolute atomic E-state index is 14.3. The van der Waals surface area contributed by atoms with Crippen LogP contribution >= 0.6 is 0 Å². The summed E-state index contributed by atoms with van der Waals surface area (Å²) in [6, 6.07) is 7.42. The molecule has 1 aromatic rings. The van der Waals surface area contributed by atoms with Crippen molar-refractivity contribution in [1.29, 1.82) is 5.26 Å². The Morgan fingerprint density at radius 2 is 2.00 bits per heavy atom. The molecule has 6 heteroatoms. The van der Waals surface area contributed by atoms with Gasteiger partial charge < -0.3 is 15.1 Å². The van der Waals surface area contributed by atoms with E-state index in [9.17, 15) is 9.18 Å². The fourth-order valence-electron chi connectivity index (χ4n) is 3.86. The quantitative estimate of drug-likeness (QED) is 0.914. The highest BCUT2D eigenvalue weighted by molar-refractivity contribution is 5.73. The fourth-order valence-corrected chi connectivity index (χ4v) is 3.86. The second kappa shape index (κ2) is 7.83. The Labute approximate surface area is 148 Å². The number of nitriles is 1. The molecule has 0 aliphatic carbocycles. The van der Waals surface area contributed by atoms with Crippen LogP contribution in [0, 0.1) is 17.1 Å². The molecule has 1 aromatic carbocycles. The van der Waals surface area contributed by atoms with Gasteiger partial charge in [-0.2, -0.15) is 5.26 Å². The van der Waals surface area contributed by atoms with Crippen molar-refractivity contribution in [2.45, 2.75) is 44.7 Å². The minimum Gasteiger partial charge on any atom is -0.368 e. The highest BCUT2D eigenvalue weighted by Crippen LogP contribution is 2.25. The maximum atomic E-state index is 14.3. The largest absolute Gasteiger partial charge is 0.368 e. The second-order valence-electron chi connectivity index (χ2n) is 7.01. The van der Waals surface area contributed by atoms with Gasteiger partial charge >= 0.3 is 0 Å². The van der Waals surface area contributed by atoms with Crippen LogP contribution in [0.4, 0.5) is 10.1 Å². The number of hydrogen-bond acceptors (Lipinski definition) is 4. The average Bonchev–Trinajstić information content (AvgIpc) is 2.62. The van der Waals surface area contributed by atoms with Gasteiger partial charge in [0.15, 0.2) is 0 Å². The van der Waals surface area contributed by atoms with Gasteiger partial charge in [0.05, 0.1) is 17.3 Å². The molecule has 0 bridgehead atoms. The van der Waals surface area contributed by atoms with Crippen LogP contribution in [0.1, 0.15) is 38.2 Å². The van der Waals surface area contributed by atoms with Crippen LogP contribution < -0.4 is 10.2 Å². The molecule has 2 saturated heterocycles. The van der Waals surface area contributed by atoms with Crippen molar-refractivity contribution in [2.24, 2.45) is 0 Å². The molecule has 3 rings (SSSR count). The number of hydrogen-bond donors (Lipinski definition) is 1. The summed E-state index contributed by atoms with van der Waals surface area (Å²) < 4.78 is 14.3. The van der Waals surface area contributed by atoms with Crippen molar-refractivity contribution >= 4 is 11.6 Å². The summed E-state index contributed by atoms with van der Waals surface area (Å²) in [6.45, 7) is 4.86. The van der Waals surface area contributed by atoms with Crippen molar-refractivity contribution in [2.75, 3.05) is 31.1 Å². The highest BCUT2D eigenvalue weighted by Gasteiger charge is 2.26. The van der Waals surface area contributed by atoms with Crippen molar-refractivity contribution < 1.29 is 9.18 Å². The van der Waals surface area contributed by atoms with E-state index in [-0.39, 0.29) is 11.7 Å². The molecule has 0 saturated carbocycles. The van der Waals surface area contributed by atoms with E-state index in [2.05, 4.69) is 10.2 Å². The molecule has 1 N–H and O–H groups in total. The van der Waals surface area contributed by atoms with E-state index >= 15 is 0 Å². The lowest BCUT2D eigenvalue weighted by Gasteiger charge is -2.39. The summed E-state index contributed by atoms with van der Waals surface area (Å²) in [5.41, 5.74) is 0.932. The molecular weight excluding hydrogens is 319 g/mol. The van der Waals surface area contributed by atoms with Gasteiger partial charge in [0, 0.05) is 45.2 Å². The van der Waals surface area contributed by atoms with Crippen LogP contribution in [-0.2, 0) is 4.79 Å². The average molecular weight is 344 g/mol.